The molecule has 2 aromatic rings. The molecule has 1 saturated heterocycles. The predicted octanol–water partition coefficient (Wildman–Crippen LogP) is 4.13. The molecule has 3 heterocycles. The molecule has 1 aromatic heterocycles. The highest BCUT2D eigenvalue weighted by molar-refractivity contribution is 6.01. The summed E-state index contributed by atoms with van der Waals surface area (Å²) in [5, 5.41) is 3.02. The van der Waals surface area contributed by atoms with E-state index in [0.29, 0.717) is 36.5 Å². The fraction of sp³-hybridized carbons (Fsp3) is 0.500. The summed E-state index contributed by atoms with van der Waals surface area (Å²) in [6.07, 6.45) is 2.57. The molecule has 2 amide bonds. The van der Waals surface area contributed by atoms with Crippen molar-refractivity contribution in [2.24, 2.45) is 0 Å². The van der Waals surface area contributed by atoms with Crippen LogP contribution in [0.25, 0.3) is 0 Å². The summed E-state index contributed by atoms with van der Waals surface area (Å²) in [7, 11) is 0. The van der Waals surface area contributed by atoms with E-state index in [4.69, 9.17) is 4.74 Å². The Morgan fingerprint density at radius 3 is 2.64 bits per heavy atom. The Morgan fingerprint density at radius 2 is 2.00 bits per heavy atom. The van der Waals surface area contributed by atoms with Crippen molar-refractivity contribution in [3.05, 3.63) is 52.8 Å². The number of carbonyl (C=O) groups excluding carboxylic acids is 2. The fourth-order valence-electron chi connectivity index (χ4n) is 4.62. The van der Waals surface area contributed by atoms with E-state index < -0.39 is 6.61 Å². The molecule has 0 bridgehead atoms. The highest BCUT2D eigenvalue weighted by Crippen LogP contribution is 2.27. The van der Waals surface area contributed by atoms with Gasteiger partial charge in [0.15, 0.2) is 0 Å². The van der Waals surface area contributed by atoms with E-state index in [1.807, 2.05) is 23.3 Å². The Labute approximate surface area is 191 Å². The number of hydrogen-bond donors (Lipinski definition) is 1. The highest BCUT2D eigenvalue weighted by Gasteiger charge is 2.32. The van der Waals surface area contributed by atoms with E-state index in [0.717, 1.165) is 24.9 Å². The van der Waals surface area contributed by atoms with Gasteiger partial charge in [0.2, 0.25) is 0 Å². The fourth-order valence-corrected chi connectivity index (χ4v) is 4.62. The van der Waals surface area contributed by atoms with Crippen molar-refractivity contribution in [1.82, 2.24) is 14.8 Å². The molecule has 0 unspecified atom stereocenters. The number of benzene rings is 1. The van der Waals surface area contributed by atoms with Gasteiger partial charge < -0.3 is 24.3 Å². The number of nitrogens with zero attached hydrogens (tertiary/aromatic N) is 2. The van der Waals surface area contributed by atoms with Crippen LogP contribution in [0.15, 0.2) is 30.3 Å². The summed E-state index contributed by atoms with van der Waals surface area (Å²) in [5.74, 6) is -0.283. The Morgan fingerprint density at radius 1 is 1.24 bits per heavy atom. The van der Waals surface area contributed by atoms with E-state index in [2.05, 4.69) is 10.1 Å². The Balaban J connectivity index is 1.56. The molecular weight excluding hydrogens is 432 g/mol. The van der Waals surface area contributed by atoms with Gasteiger partial charge in [-0.05, 0) is 49.9 Å². The summed E-state index contributed by atoms with van der Waals surface area (Å²) < 4.78 is 36.7. The molecule has 0 spiro atoms. The minimum Gasteiger partial charge on any atom is -0.435 e. The number of halogens is 2. The van der Waals surface area contributed by atoms with Crippen LogP contribution in [0, 0.1) is 0 Å². The first-order valence-corrected chi connectivity index (χ1v) is 11.4. The molecule has 0 saturated carbocycles. The molecule has 1 fully saturated rings. The monoisotopic (exact) mass is 461 g/mol. The van der Waals surface area contributed by atoms with E-state index in [9.17, 15) is 18.4 Å². The molecule has 9 heteroatoms. The first kappa shape index (κ1) is 23.2. The maximum absolute atomic E-state index is 13.3. The summed E-state index contributed by atoms with van der Waals surface area (Å²) >= 11 is 0. The summed E-state index contributed by atoms with van der Waals surface area (Å²) in [6, 6.07) is 7.77. The Hall–Kier alpha value is -2.94. The third kappa shape index (κ3) is 4.88. The van der Waals surface area contributed by atoms with Crippen molar-refractivity contribution in [2.75, 3.05) is 13.2 Å². The van der Waals surface area contributed by atoms with Crippen LogP contribution in [0.5, 0.6) is 5.75 Å². The molecular formula is C24H29F2N3O4. The lowest BCUT2D eigenvalue weighted by Crippen LogP contribution is -2.35. The van der Waals surface area contributed by atoms with Gasteiger partial charge in [0.05, 0.1) is 30.5 Å². The first-order chi connectivity index (χ1) is 15.9. The van der Waals surface area contributed by atoms with Crippen LogP contribution < -0.4 is 10.1 Å². The van der Waals surface area contributed by atoms with Crippen LogP contribution in [-0.4, -0.2) is 47.1 Å². The SMILES string of the molecule is CC[C@@H](NC(=O)c1cc(C(=O)N2CCC[C@@H]2C)n2c1COCC2)c1ccc(OC(F)F)cc1. The number of fused-ring (bicyclic) bond motifs is 1. The van der Waals surface area contributed by atoms with Crippen molar-refractivity contribution >= 4 is 11.8 Å². The molecule has 4 rings (SSSR count). The van der Waals surface area contributed by atoms with E-state index in [1.54, 1.807) is 18.2 Å². The molecule has 1 N–H and O–H groups in total. The van der Waals surface area contributed by atoms with Crippen molar-refractivity contribution in [2.45, 2.75) is 65.0 Å². The van der Waals surface area contributed by atoms with Gasteiger partial charge >= 0.3 is 6.61 Å². The summed E-state index contributed by atoms with van der Waals surface area (Å²) in [5.41, 5.74) is 2.43. The van der Waals surface area contributed by atoms with Gasteiger partial charge in [0.25, 0.3) is 11.8 Å². The van der Waals surface area contributed by atoms with Gasteiger partial charge in [0, 0.05) is 19.1 Å². The molecule has 178 valence electrons. The van der Waals surface area contributed by atoms with Crippen molar-refractivity contribution < 1.29 is 27.8 Å². The number of amides is 2. The molecule has 0 aliphatic carbocycles. The zero-order valence-corrected chi connectivity index (χ0v) is 18.9. The largest absolute Gasteiger partial charge is 0.435 e. The minimum absolute atomic E-state index is 0.0520. The molecule has 0 radical (unpaired) electrons. The van der Waals surface area contributed by atoms with Crippen molar-refractivity contribution in [3.8, 4) is 5.75 Å². The van der Waals surface area contributed by atoms with Crippen molar-refractivity contribution in [3.63, 3.8) is 0 Å². The van der Waals surface area contributed by atoms with Crippen LogP contribution >= 0.6 is 0 Å². The Kier molecular flexibility index (Phi) is 6.97. The normalized spacial score (nSPS) is 18.8. The molecule has 33 heavy (non-hydrogen) atoms. The van der Waals surface area contributed by atoms with Gasteiger partial charge in [-0.1, -0.05) is 19.1 Å². The third-order valence-corrected chi connectivity index (χ3v) is 6.41. The average molecular weight is 462 g/mol. The average Bonchev–Trinajstić information content (AvgIpc) is 3.41. The van der Waals surface area contributed by atoms with Gasteiger partial charge in [-0.15, -0.1) is 0 Å². The third-order valence-electron chi connectivity index (χ3n) is 6.41. The number of carbonyl (C=O) groups is 2. The van der Waals surface area contributed by atoms with Crippen LogP contribution in [0.4, 0.5) is 8.78 Å². The van der Waals surface area contributed by atoms with Crippen LogP contribution in [0.3, 0.4) is 0 Å². The molecule has 2 aliphatic rings. The maximum Gasteiger partial charge on any atom is 0.387 e. The minimum atomic E-state index is -2.89. The second kappa shape index (κ2) is 9.91. The predicted molar refractivity (Wildman–Crippen MR) is 117 cm³/mol. The number of hydrogen-bond acceptors (Lipinski definition) is 4. The second-order valence-corrected chi connectivity index (χ2v) is 8.47. The van der Waals surface area contributed by atoms with Crippen LogP contribution in [-0.2, 0) is 17.9 Å². The first-order valence-electron chi connectivity index (χ1n) is 11.4. The van der Waals surface area contributed by atoms with Crippen LogP contribution in [0.1, 0.15) is 71.3 Å². The second-order valence-electron chi connectivity index (χ2n) is 8.47. The number of rotatable bonds is 7. The van der Waals surface area contributed by atoms with Gasteiger partial charge in [-0.3, -0.25) is 9.59 Å². The number of nitrogens with one attached hydrogen (secondary N) is 1. The topological polar surface area (TPSA) is 72.8 Å². The van der Waals surface area contributed by atoms with E-state index >= 15 is 0 Å². The Bertz CT molecular complexity index is 1010. The highest BCUT2D eigenvalue weighted by atomic mass is 19.3. The lowest BCUT2D eigenvalue weighted by molar-refractivity contribution is -0.0498. The number of aromatic nitrogens is 1. The zero-order valence-electron chi connectivity index (χ0n) is 18.9. The van der Waals surface area contributed by atoms with Crippen molar-refractivity contribution in [1.29, 1.82) is 0 Å². The van der Waals surface area contributed by atoms with E-state index in [1.165, 1.54) is 12.1 Å². The van der Waals surface area contributed by atoms with Gasteiger partial charge in [-0.25, -0.2) is 0 Å². The number of likely N-dealkylation sites (tertiary alicyclic amines) is 1. The maximum atomic E-state index is 13.3. The molecule has 7 nitrogen and oxygen atoms in total. The molecule has 2 atom stereocenters. The zero-order chi connectivity index (χ0) is 23.5. The molecule has 2 aliphatic heterocycles. The quantitative estimate of drug-likeness (QED) is 0.673. The smallest absolute Gasteiger partial charge is 0.387 e. The standard InChI is InChI=1S/C24H29F2N3O4/c1-3-19(16-6-8-17(9-7-16)33-24(25)26)27-22(30)18-13-20(29-11-12-32-14-21(18)29)23(31)28-10-4-5-15(28)2/h6-9,13,15,19,24H,3-5,10-12,14H2,1-2H3,(H,27,30)/t15-,19+/m0/s1. The lowest BCUT2D eigenvalue weighted by atomic mass is 10.0. The number of alkyl halides is 2. The van der Waals surface area contributed by atoms with Gasteiger partial charge in [-0.2, -0.15) is 8.78 Å². The van der Waals surface area contributed by atoms with Crippen LogP contribution in [0.2, 0.25) is 0 Å². The molecule has 1 aromatic carbocycles. The summed E-state index contributed by atoms with van der Waals surface area (Å²) in [6.45, 7) is 3.09. The number of ether oxygens (including phenoxy) is 2. The van der Waals surface area contributed by atoms with E-state index in [-0.39, 0.29) is 36.3 Å². The lowest BCUT2D eigenvalue weighted by Gasteiger charge is -2.24. The summed E-state index contributed by atoms with van der Waals surface area (Å²) in [4.78, 5) is 28.4. The van der Waals surface area contributed by atoms with Gasteiger partial charge in [0.1, 0.15) is 11.4 Å².